The summed E-state index contributed by atoms with van der Waals surface area (Å²) < 4.78 is 14.7. The normalized spacial score (nSPS) is 13.8. The van der Waals surface area contributed by atoms with Gasteiger partial charge in [0.05, 0.1) is 23.6 Å². The number of benzene rings is 2. The number of nitrogens with zero attached hydrogens (tertiary/aromatic N) is 3. The SMILES string of the molecule is O=C(CSc1nc(CC(=O)N2CCN(c3ccccc3F)CC2)cs1)Nc1ccc(Cl)cc1. The molecule has 3 aromatic rings. The zero-order valence-corrected chi connectivity index (χ0v) is 20.1. The zero-order chi connectivity index (χ0) is 23.2. The second kappa shape index (κ2) is 11.0. The maximum absolute atomic E-state index is 14.0. The molecule has 0 bridgehead atoms. The maximum Gasteiger partial charge on any atom is 0.234 e. The molecular formula is C23H22ClFN4O2S2. The molecule has 0 unspecified atom stereocenters. The van der Waals surface area contributed by atoms with Crippen LogP contribution >= 0.6 is 34.7 Å². The van der Waals surface area contributed by atoms with Crippen molar-refractivity contribution in [2.45, 2.75) is 10.8 Å². The highest BCUT2D eigenvalue weighted by Gasteiger charge is 2.23. The van der Waals surface area contributed by atoms with Gasteiger partial charge in [-0.3, -0.25) is 9.59 Å². The van der Waals surface area contributed by atoms with Gasteiger partial charge in [-0.1, -0.05) is 35.5 Å². The lowest BCUT2D eigenvalue weighted by Gasteiger charge is -2.36. The van der Waals surface area contributed by atoms with Gasteiger partial charge >= 0.3 is 0 Å². The number of halogens is 2. The van der Waals surface area contributed by atoms with Crippen LogP contribution in [-0.2, 0) is 16.0 Å². The number of rotatable bonds is 7. The lowest BCUT2D eigenvalue weighted by molar-refractivity contribution is -0.130. The smallest absolute Gasteiger partial charge is 0.234 e. The minimum Gasteiger partial charge on any atom is -0.366 e. The second-order valence-electron chi connectivity index (χ2n) is 7.44. The van der Waals surface area contributed by atoms with E-state index in [2.05, 4.69) is 10.3 Å². The summed E-state index contributed by atoms with van der Waals surface area (Å²) in [5.41, 5.74) is 1.96. The summed E-state index contributed by atoms with van der Waals surface area (Å²) >= 11 is 8.61. The molecular weight excluding hydrogens is 483 g/mol. The first-order valence-electron chi connectivity index (χ1n) is 10.4. The second-order valence-corrected chi connectivity index (χ2v) is 9.96. The zero-order valence-electron chi connectivity index (χ0n) is 17.7. The largest absolute Gasteiger partial charge is 0.366 e. The van der Waals surface area contributed by atoms with Crippen LogP contribution in [0.5, 0.6) is 0 Å². The van der Waals surface area contributed by atoms with Crippen molar-refractivity contribution < 1.29 is 14.0 Å². The number of anilines is 2. The fraction of sp³-hybridized carbons (Fsp3) is 0.261. The fourth-order valence-corrected chi connectivity index (χ4v) is 5.24. The van der Waals surface area contributed by atoms with Gasteiger partial charge in [0, 0.05) is 42.3 Å². The number of thioether (sulfide) groups is 1. The quantitative estimate of drug-likeness (QED) is 0.478. The molecule has 4 rings (SSSR count). The lowest BCUT2D eigenvalue weighted by atomic mass is 10.2. The molecule has 1 saturated heterocycles. The van der Waals surface area contributed by atoms with E-state index in [4.69, 9.17) is 11.6 Å². The van der Waals surface area contributed by atoms with Crippen molar-refractivity contribution in [1.82, 2.24) is 9.88 Å². The van der Waals surface area contributed by atoms with Crippen LogP contribution in [0.2, 0.25) is 5.02 Å². The van der Waals surface area contributed by atoms with E-state index in [1.54, 1.807) is 41.3 Å². The molecule has 10 heteroatoms. The third kappa shape index (κ3) is 6.46. The first-order chi connectivity index (χ1) is 16.0. The Kier molecular flexibility index (Phi) is 7.85. The number of carbonyl (C=O) groups is 2. The van der Waals surface area contributed by atoms with Gasteiger partial charge in [0.1, 0.15) is 5.82 Å². The summed E-state index contributed by atoms with van der Waals surface area (Å²) in [4.78, 5) is 33.1. The molecule has 1 fully saturated rings. The molecule has 0 atom stereocenters. The third-order valence-electron chi connectivity index (χ3n) is 5.14. The third-order valence-corrected chi connectivity index (χ3v) is 7.47. The van der Waals surface area contributed by atoms with Crippen molar-refractivity contribution >= 4 is 57.9 Å². The highest BCUT2D eigenvalue weighted by molar-refractivity contribution is 8.01. The van der Waals surface area contributed by atoms with Crippen molar-refractivity contribution in [2.75, 3.05) is 42.1 Å². The first kappa shape index (κ1) is 23.5. The molecule has 2 aromatic carbocycles. The monoisotopic (exact) mass is 504 g/mol. The van der Waals surface area contributed by atoms with Gasteiger partial charge in [0.25, 0.3) is 0 Å². The number of aromatic nitrogens is 1. The van der Waals surface area contributed by atoms with Crippen LogP contribution in [0.25, 0.3) is 0 Å². The summed E-state index contributed by atoms with van der Waals surface area (Å²) in [6.45, 7) is 2.27. The van der Waals surface area contributed by atoms with Crippen LogP contribution in [0.15, 0.2) is 58.3 Å². The van der Waals surface area contributed by atoms with E-state index in [9.17, 15) is 14.0 Å². The van der Waals surface area contributed by atoms with E-state index < -0.39 is 0 Å². The molecule has 172 valence electrons. The average Bonchev–Trinajstić information content (AvgIpc) is 3.27. The predicted octanol–water partition coefficient (Wildman–Crippen LogP) is 4.56. The Morgan fingerprint density at radius 2 is 1.82 bits per heavy atom. The van der Waals surface area contributed by atoms with Gasteiger partial charge in [0.2, 0.25) is 11.8 Å². The van der Waals surface area contributed by atoms with Gasteiger partial charge in [0.15, 0.2) is 4.34 Å². The van der Waals surface area contributed by atoms with Crippen molar-refractivity contribution in [2.24, 2.45) is 0 Å². The molecule has 0 saturated carbocycles. The number of hydrogen-bond donors (Lipinski definition) is 1. The fourth-order valence-electron chi connectivity index (χ4n) is 3.47. The number of hydrogen-bond acceptors (Lipinski definition) is 6. The minimum absolute atomic E-state index is 0.00511. The molecule has 0 aliphatic carbocycles. The van der Waals surface area contributed by atoms with Crippen LogP contribution in [0.3, 0.4) is 0 Å². The molecule has 2 amide bonds. The van der Waals surface area contributed by atoms with Crippen molar-refractivity contribution in [3.05, 3.63) is 70.4 Å². The summed E-state index contributed by atoms with van der Waals surface area (Å²) in [5.74, 6) is -0.151. The number of piperazine rings is 1. The summed E-state index contributed by atoms with van der Waals surface area (Å²) in [7, 11) is 0. The van der Waals surface area contributed by atoms with Crippen LogP contribution in [-0.4, -0.2) is 53.6 Å². The maximum atomic E-state index is 14.0. The number of carbonyl (C=O) groups excluding carboxylic acids is 2. The van der Waals surface area contributed by atoms with Crippen LogP contribution in [0.1, 0.15) is 5.69 Å². The van der Waals surface area contributed by atoms with Crippen molar-refractivity contribution in [1.29, 1.82) is 0 Å². The molecule has 33 heavy (non-hydrogen) atoms. The Labute approximate surface area is 204 Å². The molecule has 0 spiro atoms. The number of para-hydroxylation sites is 1. The van der Waals surface area contributed by atoms with Crippen LogP contribution in [0.4, 0.5) is 15.8 Å². The molecule has 1 aliphatic rings. The van der Waals surface area contributed by atoms with Gasteiger partial charge < -0.3 is 15.1 Å². The molecule has 6 nitrogen and oxygen atoms in total. The number of nitrogens with one attached hydrogen (secondary N) is 1. The van der Waals surface area contributed by atoms with Gasteiger partial charge in [-0.2, -0.15) is 0 Å². The predicted molar refractivity (Wildman–Crippen MR) is 132 cm³/mol. The Balaban J connectivity index is 1.22. The minimum atomic E-state index is -0.244. The summed E-state index contributed by atoms with van der Waals surface area (Å²) in [6, 6.07) is 13.6. The molecule has 0 radical (unpaired) electrons. The van der Waals surface area contributed by atoms with E-state index in [-0.39, 0.29) is 29.8 Å². The standard InChI is InChI=1S/C23H22ClFN4O2S2/c24-16-5-7-17(8-6-16)26-21(30)15-33-23-27-18(14-32-23)13-22(31)29-11-9-28(10-12-29)20-4-2-1-3-19(20)25/h1-8,14H,9-13,15H2,(H,26,30). The summed E-state index contributed by atoms with van der Waals surface area (Å²) in [5, 5.41) is 5.27. The highest BCUT2D eigenvalue weighted by Crippen LogP contribution is 2.24. The molecule has 2 heterocycles. The Hall–Kier alpha value is -2.62. The summed E-state index contributed by atoms with van der Waals surface area (Å²) in [6.07, 6.45) is 0.216. The molecule has 1 aliphatic heterocycles. The lowest BCUT2D eigenvalue weighted by Crippen LogP contribution is -2.49. The van der Waals surface area contributed by atoms with Crippen LogP contribution in [0, 0.1) is 5.82 Å². The topological polar surface area (TPSA) is 65.5 Å². The average molecular weight is 505 g/mol. The van der Waals surface area contributed by atoms with E-state index in [1.165, 1.54) is 29.2 Å². The number of amides is 2. The van der Waals surface area contributed by atoms with Gasteiger partial charge in [-0.05, 0) is 36.4 Å². The highest BCUT2D eigenvalue weighted by atomic mass is 35.5. The Morgan fingerprint density at radius 3 is 2.55 bits per heavy atom. The van der Waals surface area contributed by atoms with Crippen molar-refractivity contribution in [3.63, 3.8) is 0 Å². The first-order valence-corrected chi connectivity index (χ1v) is 12.6. The number of thiazole rings is 1. The van der Waals surface area contributed by atoms with E-state index >= 15 is 0 Å². The molecule has 1 N–H and O–H groups in total. The Morgan fingerprint density at radius 1 is 1.09 bits per heavy atom. The van der Waals surface area contributed by atoms with Gasteiger partial charge in [-0.15, -0.1) is 11.3 Å². The van der Waals surface area contributed by atoms with Gasteiger partial charge in [-0.25, -0.2) is 9.37 Å². The van der Waals surface area contributed by atoms with E-state index in [1.807, 2.05) is 16.3 Å². The van der Waals surface area contributed by atoms with Crippen molar-refractivity contribution in [3.8, 4) is 0 Å². The molecule has 1 aromatic heterocycles. The Bertz CT molecular complexity index is 1120. The van der Waals surface area contributed by atoms with Crippen LogP contribution < -0.4 is 10.2 Å². The van der Waals surface area contributed by atoms with E-state index in [0.29, 0.717) is 48.3 Å². The van der Waals surface area contributed by atoms with E-state index in [0.717, 1.165) is 4.34 Å².